The van der Waals surface area contributed by atoms with Gasteiger partial charge in [0.15, 0.2) is 0 Å². The molecule has 0 aliphatic heterocycles. The molecule has 1 N–H and O–H groups in total. The van der Waals surface area contributed by atoms with Crippen molar-refractivity contribution in [2.45, 2.75) is 20.0 Å². The lowest BCUT2D eigenvalue weighted by atomic mass is 10.3. The molecule has 17 heavy (non-hydrogen) atoms. The van der Waals surface area contributed by atoms with Crippen LogP contribution >= 0.6 is 11.6 Å². The maximum Gasteiger partial charge on any atom is 0.141 e. The van der Waals surface area contributed by atoms with E-state index in [-0.39, 0.29) is 5.02 Å². The number of nitrogens with one attached hydrogen (secondary N) is 1. The van der Waals surface area contributed by atoms with E-state index >= 15 is 0 Å². The van der Waals surface area contributed by atoms with Crippen LogP contribution in [0, 0.1) is 5.82 Å². The van der Waals surface area contributed by atoms with Crippen molar-refractivity contribution in [2.24, 2.45) is 0 Å². The Bertz CT molecular complexity index is 508. The standard InChI is InChI=1S/C13H14ClFN2/c1-2-17-7-3-4-11(17)9-16-10-5-6-13(15)12(14)8-10/h3-8,16H,2,9H2,1H3. The van der Waals surface area contributed by atoms with Crippen LogP contribution in [-0.2, 0) is 13.1 Å². The summed E-state index contributed by atoms with van der Waals surface area (Å²) in [6.45, 7) is 3.73. The second-order valence-corrected chi connectivity index (χ2v) is 4.18. The molecule has 1 aromatic heterocycles. The first-order valence-electron chi connectivity index (χ1n) is 5.53. The van der Waals surface area contributed by atoms with Crippen LogP contribution in [0.3, 0.4) is 0 Å². The molecular formula is C13H14ClFN2. The molecule has 90 valence electrons. The second-order valence-electron chi connectivity index (χ2n) is 3.77. The summed E-state index contributed by atoms with van der Waals surface area (Å²) in [5, 5.41) is 3.36. The van der Waals surface area contributed by atoms with Crippen LogP contribution in [-0.4, -0.2) is 4.57 Å². The monoisotopic (exact) mass is 252 g/mol. The molecule has 0 aliphatic carbocycles. The first-order valence-corrected chi connectivity index (χ1v) is 5.91. The normalized spacial score (nSPS) is 10.5. The third-order valence-electron chi connectivity index (χ3n) is 2.66. The van der Waals surface area contributed by atoms with Gasteiger partial charge in [0.25, 0.3) is 0 Å². The number of aryl methyl sites for hydroxylation is 1. The van der Waals surface area contributed by atoms with Crippen LogP contribution in [0.5, 0.6) is 0 Å². The lowest BCUT2D eigenvalue weighted by Crippen LogP contribution is -2.05. The van der Waals surface area contributed by atoms with Crippen molar-refractivity contribution in [1.82, 2.24) is 4.57 Å². The summed E-state index contributed by atoms with van der Waals surface area (Å²) in [6.07, 6.45) is 2.04. The quantitative estimate of drug-likeness (QED) is 0.873. The van der Waals surface area contributed by atoms with Crippen LogP contribution in [0.1, 0.15) is 12.6 Å². The predicted molar refractivity (Wildman–Crippen MR) is 68.8 cm³/mol. The lowest BCUT2D eigenvalue weighted by molar-refractivity contribution is 0.628. The molecule has 0 radical (unpaired) electrons. The molecule has 0 atom stereocenters. The van der Waals surface area contributed by atoms with Crippen molar-refractivity contribution >= 4 is 17.3 Å². The summed E-state index contributed by atoms with van der Waals surface area (Å²) in [5.74, 6) is -0.394. The molecule has 2 rings (SSSR count). The summed E-state index contributed by atoms with van der Waals surface area (Å²) in [5.41, 5.74) is 2.01. The van der Waals surface area contributed by atoms with Crippen LogP contribution in [0.4, 0.5) is 10.1 Å². The minimum Gasteiger partial charge on any atom is -0.379 e. The zero-order valence-corrected chi connectivity index (χ0v) is 10.3. The number of rotatable bonds is 4. The fourth-order valence-electron chi connectivity index (χ4n) is 1.72. The summed E-state index contributed by atoms with van der Waals surface area (Å²) in [6, 6.07) is 8.71. The van der Waals surface area contributed by atoms with Crippen molar-refractivity contribution in [3.63, 3.8) is 0 Å². The van der Waals surface area contributed by atoms with E-state index in [0.29, 0.717) is 6.54 Å². The van der Waals surface area contributed by atoms with Crippen LogP contribution in [0.2, 0.25) is 5.02 Å². The van der Waals surface area contributed by atoms with E-state index in [1.54, 1.807) is 12.1 Å². The topological polar surface area (TPSA) is 17.0 Å². The van der Waals surface area contributed by atoms with E-state index in [1.165, 1.54) is 11.8 Å². The van der Waals surface area contributed by atoms with Crippen molar-refractivity contribution in [2.75, 3.05) is 5.32 Å². The van der Waals surface area contributed by atoms with E-state index in [9.17, 15) is 4.39 Å². The van der Waals surface area contributed by atoms with Gasteiger partial charge in [0.1, 0.15) is 5.82 Å². The molecule has 0 spiro atoms. The Morgan fingerprint density at radius 3 is 2.88 bits per heavy atom. The Kier molecular flexibility index (Phi) is 3.69. The first kappa shape index (κ1) is 12.0. The predicted octanol–water partition coefficient (Wildman–Crippen LogP) is 3.91. The van der Waals surface area contributed by atoms with Gasteiger partial charge in [-0.15, -0.1) is 0 Å². The van der Waals surface area contributed by atoms with Gasteiger partial charge < -0.3 is 9.88 Å². The highest BCUT2D eigenvalue weighted by atomic mass is 35.5. The van der Waals surface area contributed by atoms with E-state index in [1.807, 2.05) is 12.3 Å². The molecule has 0 saturated heterocycles. The Labute approximate surface area is 105 Å². The smallest absolute Gasteiger partial charge is 0.141 e. The summed E-state index contributed by atoms with van der Waals surface area (Å²) in [7, 11) is 0. The van der Waals surface area contributed by atoms with Gasteiger partial charge in [-0.2, -0.15) is 0 Å². The number of halogens is 2. The fraction of sp³-hybridized carbons (Fsp3) is 0.231. The first-order chi connectivity index (χ1) is 8.20. The summed E-state index contributed by atoms with van der Waals surface area (Å²) < 4.78 is 15.1. The van der Waals surface area contributed by atoms with Crippen molar-refractivity contribution in [3.8, 4) is 0 Å². The molecule has 2 aromatic rings. The van der Waals surface area contributed by atoms with Crippen LogP contribution in [0.25, 0.3) is 0 Å². The van der Waals surface area contributed by atoms with Gasteiger partial charge in [0, 0.05) is 24.1 Å². The Balaban J connectivity index is 2.05. The van der Waals surface area contributed by atoms with Crippen LogP contribution < -0.4 is 5.32 Å². The number of anilines is 1. The number of benzene rings is 1. The Morgan fingerprint density at radius 2 is 2.18 bits per heavy atom. The number of aromatic nitrogens is 1. The average molecular weight is 253 g/mol. The van der Waals surface area contributed by atoms with Gasteiger partial charge in [-0.25, -0.2) is 4.39 Å². The van der Waals surface area contributed by atoms with E-state index in [2.05, 4.69) is 22.9 Å². The fourth-order valence-corrected chi connectivity index (χ4v) is 1.90. The SMILES string of the molecule is CCn1cccc1CNc1ccc(F)c(Cl)c1. The van der Waals surface area contributed by atoms with Gasteiger partial charge in [0.05, 0.1) is 11.6 Å². The maximum atomic E-state index is 13.0. The molecule has 0 amide bonds. The highest BCUT2D eigenvalue weighted by Gasteiger charge is 2.02. The lowest BCUT2D eigenvalue weighted by Gasteiger charge is -2.09. The Morgan fingerprint density at radius 1 is 1.35 bits per heavy atom. The highest BCUT2D eigenvalue weighted by molar-refractivity contribution is 6.31. The van der Waals surface area contributed by atoms with Crippen LogP contribution in [0.15, 0.2) is 36.5 Å². The zero-order chi connectivity index (χ0) is 12.3. The molecule has 0 fully saturated rings. The molecule has 1 heterocycles. The van der Waals surface area contributed by atoms with Gasteiger partial charge >= 0.3 is 0 Å². The van der Waals surface area contributed by atoms with Crippen molar-refractivity contribution in [3.05, 3.63) is 53.1 Å². The van der Waals surface area contributed by atoms with Gasteiger partial charge in [-0.05, 0) is 37.3 Å². The molecule has 0 bridgehead atoms. The zero-order valence-electron chi connectivity index (χ0n) is 9.58. The summed E-state index contributed by atoms with van der Waals surface area (Å²) >= 11 is 5.71. The molecule has 1 aromatic carbocycles. The molecule has 4 heteroatoms. The third-order valence-corrected chi connectivity index (χ3v) is 2.95. The maximum absolute atomic E-state index is 13.0. The average Bonchev–Trinajstić information content (AvgIpc) is 2.78. The van der Waals surface area contributed by atoms with Gasteiger partial charge in [-0.1, -0.05) is 11.6 Å². The molecule has 0 saturated carbocycles. The molecular weight excluding hydrogens is 239 g/mol. The second kappa shape index (κ2) is 5.23. The van der Waals surface area contributed by atoms with Crippen molar-refractivity contribution in [1.29, 1.82) is 0 Å². The number of nitrogens with zero attached hydrogens (tertiary/aromatic N) is 1. The summed E-state index contributed by atoms with van der Waals surface area (Å²) in [4.78, 5) is 0. The molecule has 2 nitrogen and oxygen atoms in total. The van der Waals surface area contributed by atoms with E-state index in [0.717, 1.165) is 12.2 Å². The minimum absolute atomic E-state index is 0.140. The molecule has 0 unspecified atom stereocenters. The third kappa shape index (κ3) is 2.80. The number of hydrogen-bond acceptors (Lipinski definition) is 1. The van der Waals surface area contributed by atoms with E-state index in [4.69, 9.17) is 11.6 Å². The largest absolute Gasteiger partial charge is 0.379 e. The minimum atomic E-state index is -0.394. The number of hydrogen-bond donors (Lipinski definition) is 1. The van der Waals surface area contributed by atoms with Gasteiger partial charge in [0.2, 0.25) is 0 Å². The Hall–Kier alpha value is -1.48. The molecule has 0 aliphatic rings. The van der Waals surface area contributed by atoms with E-state index < -0.39 is 5.82 Å². The highest BCUT2D eigenvalue weighted by Crippen LogP contribution is 2.19. The van der Waals surface area contributed by atoms with Crippen molar-refractivity contribution < 1.29 is 4.39 Å². The van der Waals surface area contributed by atoms with Gasteiger partial charge in [-0.3, -0.25) is 0 Å².